The molecule has 1 atom stereocenters. The molecule has 1 amide bonds. The standard InChI is InChI=1S/C19H30N4O/c1-15(2)21-8-4-9-22(12-11-21)19(24)17-7-10-23(14-17)18-6-5-16(3)20-13-18/h5-6,13,15,17H,4,7-12,14H2,1-3H3/t17-/m0/s1. The molecule has 0 radical (unpaired) electrons. The highest BCUT2D eigenvalue weighted by atomic mass is 16.2. The van der Waals surface area contributed by atoms with E-state index in [1.165, 1.54) is 0 Å². The molecule has 24 heavy (non-hydrogen) atoms. The van der Waals surface area contributed by atoms with E-state index < -0.39 is 0 Å². The predicted molar refractivity (Wildman–Crippen MR) is 97.2 cm³/mol. The molecule has 132 valence electrons. The lowest BCUT2D eigenvalue weighted by atomic mass is 10.1. The average molecular weight is 330 g/mol. The summed E-state index contributed by atoms with van der Waals surface area (Å²) in [5.41, 5.74) is 2.17. The Morgan fingerprint density at radius 1 is 1.17 bits per heavy atom. The minimum Gasteiger partial charge on any atom is -0.369 e. The van der Waals surface area contributed by atoms with Gasteiger partial charge < -0.3 is 9.80 Å². The lowest BCUT2D eigenvalue weighted by molar-refractivity contribution is -0.134. The van der Waals surface area contributed by atoms with Crippen molar-refractivity contribution in [2.24, 2.45) is 5.92 Å². The molecule has 0 spiro atoms. The van der Waals surface area contributed by atoms with Gasteiger partial charge in [-0.1, -0.05) is 0 Å². The second-order valence-corrected chi connectivity index (χ2v) is 7.40. The Balaban J connectivity index is 1.57. The number of rotatable bonds is 3. The summed E-state index contributed by atoms with van der Waals surface area (Å²) in [6.45, 7) is 12.1. The van der Waals surface area contributed by atoms with Crippen molar-refractivity contribution >= 4 is 11.6 Å². The van der Waals surface area contributed by atoms with Crippen LogP contribution in [0.25, 0.3) is 0 Å². The van der Waals surface area contributed by atoms with Crippen LogP contribution in [0.2, 0.25) is 0 Å². The molecule has 0 aromatic carbocycles. The molecular formula is C19H30N4O. The maximum atomic E-state index is 12.9. The van der Waals surface area contributed by atoms with E-state index in [2.05, 4.69) is 39.6 Å². The number of aryl methyl sites for hydroxylation is 1. The second kappa shape index (κ2) is 7.51. The highest BCUT2D eigenvalue weighted by Crippen LogP contribution is 2.25. The minimum atomic E-state index is 0.136. The maximum Gasteiger partial charge on any atom is 0.227 e. The summed E-state index contributed by atoms with van der Waals surface area (Å²) in [7, 11) is 0. The zero-order valence-corrected chi connectivity index (χ0v) is 15.2. The summed E-state index contributed by atoms with van der Waals surface area (Å²) >= 11 is 0. The molecule has 0 saturated carbocycles. The summed E-state index contributed by atoms with van der Waals surface area (Å²) in [6, 6.07) is 4.72. The third-order valence-corrected chi connectivity index (χ3v) is 5.37. The lowest BCUT2D eigenvalue weighted by Gasteiger charge is -2.26. The summed E-state index contributed by atoms with van der Waals surface area (Å²) in [5.74, 6) is 0.486. The Morgan fingerprint density at radius 3 is 2.71 bits per heavy atom. The fraction of sp³-hybridized carbons (Fsp3) is 0.684. The molecule has 0 bridgehead atoms. The normalized spacial score (nSPS) is 22.9. The lowest BCUT2D eigenvalue weighted by Crippen LogP contribution is -2.40. The number of carbonyl (C=O) groups is 1. The van der Waals surface area contributed by atoms with Crippen molar-refractivity contribution in [1.82, 2.24) is 14.8 Å². The van der Waals surface area contributed by atoms with Gasteiger partial charge in [-0.2, -0.15) is 0 Å². The van der Waals surface area contributed by atoms with E-state index in [1.807, 2.05) is 19.2 Å². The molecule has 2 aliphatic rings. The van der Waals surface area contributed by atoms with Gasteiger partial charge in [0.2, 0.25) is 5.91 Å². The van der Waals surface area contributed by atoms with Crippen LogP contribution in [-0.2, 0) is 4.79 Å². The van der Waals surface area contributed by atoms with Gasteiger partial charge >= 0.3 is 0 Å². The SMILES string of the molecule is Cc1ccc(N2CC[C@H](C(=O)N3CCCN(C(C)C)CC3)C2)cn1. The number of hydrogen-bond acceptors (Lipinski definition) is 4. The Labute approximate surface area is 145 Å². The van der Waals surface area contributed by atoms with E-state index in [4.69, 9.17) is 0 Å². The van der Waals surface area contributed by atoms with Gasteiger partial charge in [-0.3, -0.25) is 14.7 Å². The van der Waals surface area contributed by atoms with Crippen molar-refractivity contribution in [2.75, 3.05) is 44.2 Å². The molecule has 3 heterocycles. The number of nitrogens with zero attached hydrogens (tertiary/aromatic N) is 4. The van der Waals surface area contributed by atoms with E-state index in [1.54, 1.807) is 0 Å². The zero-order chi connectivity index (χ0) is 17.1. The van der Waals surface area contributed by atoms with Crippen molar-refractivity contribution in [3.63, 3.8) is 0 Å². The van der Waals surface area contributed by atoms with Crippen LogP contribution in [0.15, 0.2) is 18.3 Å². The third-order valence-electron chi connectivity index (χ3n) is 5.37. The molecule has 5 heteroatoms. The van der Waals surface area contributed by atoms with Gasteiger partial charge in [-0.05, 0) is 45.7 Å². The fourth-order valence-electron chi connectivity index (χ4n) is 3.78. The Morgan fingerprint density at radius 2 is 2.00 bits per heavy atom. The molecule has 2 fully saturated rings. The van der Waals surface area contributed by atoms with E-state index in [0.717, 1.165) is 63.5 Å². The van der Waals surface area contributed by atoms with Crippen molar-refractivity contribution in [3.8, 4) is 0 Å². The topological polar surface area (TPSA) is 39.7 Å². The largest absolute Gasteiger partial charge is 0.369 e. The first kappa shape index (κ1) is 17.2. The summed E-state index contributed by atoms with van der Waals surface area (Å²) in [6.07, 6.45) is 3.97. The van der Waals surface area contributed by atoms with Gasteiger partial charge in [0.1, 0.15) is 0 Å². The molecule has 5 nitrogen and oxygen atoms in total. The van der Waals surface area contributed by atoms with E-state index in [9.17, 15) is 4.79 Å². The molecule has 1 aromatic rings. The predicted octanol–water partition coefficient (Wildman–Crippen LogP) is 2.16. The van der Waals surface area contributed by atoms with Gasteiger partial charge in [-0.15, -0.1) is 0 Å². The number of hydrogen-bond donors (Lipinski definition) is 0. The first-order valence-corrected chi connectivity index (χ1v) is 9.25. The van der Waals surface area contributed by atoms with Crippen molar-refractivity contribution < 1.29 is 4.79 Å². The smallest absolute Gasteiger partial charge is 0.227 e. The molecule has 1 aromatic heterocycles. The van der Waals surface area contributed by atoms with Gasteiger partial charge in [0.15, 0.2) is 0 Å². The van der Waals surface area contributed by atoms with Crippen LogP contribution in [-0.4, -0.2) is 66.0 Å². The van der Waals surface area contributed by atoms with Gasteiger partial charge in [-0.25, -0.2) is 0 Å². The average Bonchev–Trinajstić information content (AvgIpc) is 2.92. The molecular weight excluding hydrogens is 300 g/mol. The Kier molecular flexibility index (Phi) is 5.39. The van der Waals surface area contributed by atoms with E-state index in [-0.39, 0.29) is 5.92 Å². The molecule has 2 saturated heterocycles. The summed E-state index contributed by atoms with van der Waals surface area (Å²) in [5, 5.41) is 0. The van der Waals surface area contributed by atoms with Crippen LogP contribution in [0.1, 0.15) is 32.4 Å². The number of aromatic nitrogens is 1. The number of carbonyl (C=O) groups excluding carboxylic acids is 1. The molecule has 0 N–H and O–H groups in total. The maximum absolute atomic E-state index is 12.9. The zero-order valence-electron chi connectivity index (χ0n) is 15.2. The number of pyridine rings is 1. The van der Waals surface area contributed by atoms with Crippen LogP contribution in [0, 0.1) is 12.8 Å². The Bertz CT molecular complexity index is 557. The number of amides is 1. The highest BCUT2D eigenvalue weighted by Gasteiger charge is 2.32. The molecule has 3 rings (SSSR count). The van der Waals surface area contributed by atoms with Crippen molar-refractivity contribution in [3.05, 3.63) is 24.0 Å². The summed E-state index contributed by atoms with van der Waals surface area (Å²) in [4.78, 5) is 24.2. The second-order valence-electron chi connectivity index (χ2n) is 7.40. The van der Waals surface area contributed by atoms with Gasteiger partial charge in [0.05, 0.1) is 17.8 Å². The first-order valence-electron chi connectivity index (χ1n) is 9.25. The third kappa shape index (κ3) is 3.89. The molecule has 0 unspecified atom stereocenters. The Hall–Kier alpha value is -1.62. The minimum absolute atomic E-state index is 0.136. The van der Waals surface area contributed by atoms with Crippen LogP contribution < -0.4 is 4.90 Å². The molecule has 0 aliphatic carbocycles. The van der Waals surface area contributed by atoms with Crippen molar-refractivity contribution in [2.45, 2.75) is 39.7 Å². The van der Waals surface area contributed by atoms with Gasteiger partial charge in [0, 0.05) is 51.0 Å². The van der Waals surface area contributed by atoms with Crippen LogP contribution in [0.5, 0.6) is 0 Å². The summed E-state index contributed by atoms with van der Waals surface area (Å²) < 4.78 is 0. The van der Waals surface area contributed by atoms with Crippen LogP contribution in [0.4, 0.5) is 5.69 Å². The first-order chi connectivity index (χ1) is 11.5. The van der Waals surface area contributed by atoms with Crippen molar-refractivity contribution in [1.29, 1.82) is 0 Å². The van der Waals surface area contributed by atoms with E-state index >= 15 is 0 Å². The van der Waals surface area contributed by atoms with Gasteiger partial charge in [0.25, 0.3) is 0 Å². The van der Waals surface area contributed by atoms with E-state index in [0.29, 0.717) is 11.9 Å². The number of anilines is 1. The van der Waals surface area contributed by atoms with Crippen LogP contribution >= 0.6 is 0 Å². The quantitative estimate of drug-likeness (QED) is 0.851. The highest BCUT2D eigenvalue weighted by molar-refractivity contribution is 5.80. The monoisotopic (exact) mass is 330 g/mol. The van der Waals surface area contributed by atoms with Crippen LogP contribution in [0.3, 0.4) is 0 Å². The fourth-order valence-corrected chi connectivity index (χ4v) is 3.78. The molecule has 2 aliphatic heterocycles.